The van der Waals surface area contributed by atoms with Crippen molar-refractivity contribution in [3.8, 4) is 0 Å². The molecule has 1 aromatic heterocycles. The minimum Gasteiger partial charge on any atom is -0.304 e. The highest BCUT2D eigenvalue weighted by Crippen LogP contribution is 2.20. The fourth-order valence-corrected chi connectivity index (χ4v) is 1.73. The Kier molecular flexibility index (Phi) is 3.23. The quantitative estimate of drug-likeness (QED) is 0.716. The van der Waals surface area contributed by atoms with Crippen molar-refractivity contribution in [2.24, 2.45) is 0 Å². The highest BCUT2D eigenvalue weighted by atomic mass is 32.1. The number of hydrogen-bond donors (Lipinski definition) is 0. The molecule has 0 atom stereocenters. The summed E-state index contributed by atoms with van der Waals surface area (Å²) >= 11 is 1.62. The van der Waals surface area contributed by atoms with Crippen molar-refractivity contribution in [1.29, 1.82) is 0 Å². The molecule has 0 aliphatic heterocycles. The molecule has 12 heavy (non-hydrogen) atoms. The zero-order chi connectivity index (χ0) is 9.14. The van der Waals surface area contributed by atoms with Gasteiger partial charge in [-0.2, -0.15) is 4.37 Å². The van der Waals surface area contributed by atoms with Gasteiger partial charge in [0.1, 0.15) is 0 Å². The van der Waals surface area contributed by atoms with Crippen molar-refractivity contribution in [2.45, 2.75) is 26.3 Å². The van der Waals surface area contributed by atoms with Crippen molar-refractivity contribution >= 4 is 11.5 Å². The zero-order valence-corrected chi connectivity index (χ0v) is 8.98. The van der Waals surface area contributed by atoms with Crippen LogP contribution in [0.3, 0.4) is 0 Å². The van der Waals surface area contributed by atoms with Crippen LogP contribution in [0.25, 0.3) is 0 Å². The minimum atomic E-state index is 0.610. The van der Waals surface area contributed by atoms with E-state index in [2.05, 4.69) is 43.3 Å². The van der Waals surface area contributed by atoms with Crippen LogP contribution in [0.15, 0.2) is 6.07 Å². The fourth-order valence-electron chi connectivity index (χ4n) is 0.999. The van der Waals surface area contributed by atoms with Gasteiger partial charge in [-0.25, -0.2) is 0 Å². The SMILES string of the molecule is CC(C)c1cc(CN(C)C)ns1. The lowest BCUT2D eigenvalue weighted by atomic mass is 10.2. The van der Waals surface area contributed by atoms with Gasteiger partial charge in [0, 0.05) is 11.4 Å². The molecule has 68 valence electrons. The average Bonchev–Trinajstić information content (AvgIpc) is 2.34. The molecule has 0 N–H and O–H groups in total. The lowest BCUT2D eigenvalue weighted by Gasteiger charge is -2.05. The Morgan fingerprint density at radius 1 is 1.50 bits per heavy atom. The van der Waals surface area contributed by atoms with Crippen LogP contribution in [0.1, 0.15) is 30.3 Å². The molecular formula is C9H16N2S. The Labute approximate surface area is 78.4 Å². The van der Waals surface area contributed by atoms with E-state index in [1.807, 2.05) is 0 Å². The van der Waals surface area contributed by atoms with Gasteiger partial charge < -0.3 is 4.90 Å². The summed E-state index contributed by atoms with van der Waals surface area (Å²) in [5.41, 5.74) is 1.19. The highest BCUT2D eigenvalue weighted by molar-refractivity contribution is 7.05. The van der Waals surface area contributed by atoms with Gasteiger partial charge in [-0.05, 0) is 37.6 Å². The maximum Gasteiger partial charge on any atom is 0.0685 e. The lowest BCUT2D eigenvalue weighted by molar-refractivity contribution is 0.398. The van der Waals surface area contributed by atoms with Crippen molar-refractivity contribution in [3.05, 3.63) is 16.6 Å². The summed E-state index contributed by atoms with van der Waals surface area (Å²) in [7, 11) is 4.13. The Hall–Kier alpha value is -0.410. The normalized spacial score (nSPS) is 11.5. The summed E-state index contributed by atoms with van der Waals surface area (Å²) in [6.07, 6.45) is 0. The Bertz CT molecular complexity index is 240. The number of aromatic nitrogens is 1. The Morgan fingerprint density at radius 3 is 2.58 bits per heavy atom. The largest absolute Gasteiger partial charge is 0.304 e. The van der Waals surface area contributed by atoms with Crippen molar-refractivity contribution in [3.63, 3.8) is 0 Å². The highest BCUT2D eigenvalue weighted by Gasteiger charge is 2.05. The third-order valence-corrected chi connectivity index (χ3v) is 2.75. The second-order valence-corrected chi connectivity index (χ2v) is 4.45. The first kappa shape index (κ1) is 9.68. The molecule has 0 aliphatic carbocycles. The standard InChI is InChI=1S/C9H16N2S/c1-7(2)9-5-8(10-12-9)6-11(3)4/h5,7H,6H2,1-4H3. The molecule has 0 amide bonds. The molecule has 0 fully saturated rings. The molecule has 0 aromatic carbocycles. The van der Waals surface area contributed by atoms with Gasteiger partial charge in [0.2, 0.25) is 0 Å². The van der Waals surface area contributed by atoms with Gasteiger partial charge in [0.05, 0.1) is 5.69 Å². The molecular weight excluding hydrogens is 168 g/mol. The van der Waals surface area contributed by atoms with Crippen molar-refractivity contribution in [1.82, 2.24) is 9.27 Å². The van der Waals surface area contributed by atoms with Crippen LogP contribution in [-0.2, 0) is 6.54 Å². The van der Waals surface area contributed by atoms with E-state index in [1.165, 1.54) is 10.6 Å². The van der Waals surface area contributed by atoms with E-state index in [1.54, 1.807) is 11.5 Å². The minimum absolute atomic E-state index is 0.610. The molecule has 0 spiro atoms. The Balaban J connectivity index is 2.64. The van der Waals surface area contributed by atoms with Gasteiger partial charge in [0.15, 0.2) is 0 Å². The molecule has 1 aromatic rings. The smallest absolute Gasteiger partial charge is 0.0685 e. The van der Waals surface area contributed by atoms with Gasteiger partial charge in [0.25, 0.3) is 0 Å². The fraction of sp³-hybridized carbons (Fsp3) is 0.667. The maximum atomic E-state index is 4.38. The number of nitrogens with zero attached hydrogens (tertiary/aromatic N) is 2. The van der Waals surface area contributed by atoms with Crippen LogP contribution in [0, 0.1) is 0 Å². The van der Waals surface area contributed by atoms with Gasteiger partial charge in [-0.1, -0.05) is 13.8 Å². The van der Waals surface area contributed by atoms with E-state index in [0.717, 1.165) is 6.54 Å². The van der Waals surface area contributed by atoms with Crippen LogP contribution in [0.4, 0.5) is 0 Å². The van der Waals surface area contributed by atoms with Crippen LogP contribution in [-0.4, -0.2) is 23.4 Å². The summed E-state index contributed by atoms with van der Waals surface area (Å²) in [6.45, 7) is 5.35. The summed E-state index contributed by atoms with van der Waals surface area (Å²) in [5.74, 6) is 0.610. The van der Waals surface area contributed by atoms with E-state index in [9.17, 15) is 0 Å². The number of hydrogen-bond acceptors (Lipinski definition) is 3. The lowest BCUT2D eigenvalue weighted by Crippen LogP contribution is -2.10. The topological polar surface area (TPSA) is 16.1 Å². The first-order valence-corrected chi connectivity index (χ1v) is 4.97. The van der Waals surface area contributed by atoms with Gasteiger partial charge in [-0.15, -0.1) is 0 Å². The maximum absolute atomic E-state index is 4.38. The summed E-state index contributed by atoms with van der Waals surface area (Å²) < 4.78 is 4.38. The summed E-state index contributed by atoms with van der Waals surface area (Å²) in [6, 6.07) is 2.20. The first-order chi connectivity index (χ1) is 5.59. The second kappa shape index (κ2) is 4.01. The van der Waals surface area contributed by atoms with Crippen molar-refractivity contribution < 1.29 is 0 Å². The van der Waals surface area contributed by atoms with Crippen LogP contribution < -0.4 is 0 Å². The van der Waals surface area contributed by atoms with Crippen LogP contribution >= 0.6 is 11.5 Å². The van der Waals surface area contributed by atoms with E-state index in [0.29, 0.717) is 5.92 Å². The molecule has 0 radical (unpaired) electrons. The summed E-state index contributed by atoms with van der Waals surface area (Å²) in [5, 5.41) is 0. The predicted molar refractivity (Wildman–Crippen MR) is 53.6 cm³/mol. The first-order valence-electron chi connectivity index (χ1n) is 4.20. The van der Waals surface area contributed by atoms with Crippen molar-refractivity contribution in [2.75, 3.05) is 14.1 Å². The van der Waals surface area contributed by atoms with Crippen LogP contribution in [0.2, 0.25) is 0 Å². The Morgan fingerprint density at radius 2 is 2.17 bits per heavy atom. The molecule has 0 saturated heterocycles. The second-order valence-electron chi connectivity index (χ2n) is 3.61. The predicted octanol–water partition coefficient (Wildman–Crippen LogP) is 2.33. The molecule has 3 heteroatoms. The van der Waals surface area contributed by atoms with E-state index >= 15 is 0 Å². The van der Waals surface area contributed by atoms with Gasteiger partial charge in [-0.3, -0.25) is 0 Å². The molecule has 0 bridgehead atoms. The van der Waals surface area contributed by atoms with E-state index in [4.69, 9.17) is 0 Å². The molecule has 1 rings (SSSR count). The summed E-state index contributed by atoms with van der Waals surface area (Å²) in [4.78, 5) is 3.52. The average molecular weight is 184 g/mol. The third kappa shape index (κ3) is 2.57. The molecule has 2 nitrogen and oxygen atoms in total. The van der Waals surface area contributed by atoms with Crippen LogP contribution in [0.5, 0.6) is 0 Å². The molecule has 1 heterocycles. The van der Waals surface area contributed by atoms with E-state index < -0.39 is 0 Å². The van der Waals surface area contributed by atoms with E-state index in [-0.39, 0.29) is 0 Å². The zero-order valence-electron chi connectivity index (χ0n) is 8.16. The number of rotatable bonds is 3. The third-order valence-electron chi connectivity index (χ3n) is 1.62. The molecule has 0 unspecified atom stereocenters. The molecule has 0 aliphatic rings. The molecule has 0 saturated carbocycles. The monoisotopic (exact) mass is 184 g/mol. The van der Waals surface area contributed by atoms with Gasteiger partial charge >= 0.3 is 0 Å².